The Kier molecular flexibility index (Phi) is 4.19. The van der Waals surface area contributed by atoms with Crippen molar-refractivity contribution >= 4 is 21.6 Å². The first-order chi connectivity index (χ1) is 11.0. The van der Waals surface area contributed by atoms with E-state index in [0.29, 0.717) is 5.69 Å². The van der Waals surface area contributed by atoms with Crippen LogP contribution in [0.5, 0.6) is 0 Å². The van der Waals surface area contributed by atoms with Crippen LogP contribution in [0.25, 0.3) is 0 Å². The Morgan fingerprint density at radius 1 is 1.04 bits per heavy atom. The van der Waals surface area contributed by atoms with E-state index in [2.05, 4.69) is 10.0 Å². The minimum Gasteiger partial charge on any atom is -0.326 e. The number of benzene rings is 2. The molecule has 0 aliphatic heterocycles. The summed E-state index contributed by atoms with van der Waals surface area (Å²) in [7, 11) is -3.55. The normalized spacial score (nSPS) is 20.0. The van der Waals surface area contributed by atoms with Crippen molar-refractivity contribution in [3.63, 3.8) is 0 Å². The average Bonchev–Trinajstić information content (AvgIpc) is 3.26. The molecule has 2 unspecified atom stereocenters. The number of nitrogens with one attached hydrogen (secondary N) is 2. The molecule has 0 saturated heterocycles. The van der Waals surface area contributed by atoms with Gasteiger partial charge in [-0.1, -0.05) is 30.3 Å². The van der Waals surface area contributed by atoms with Crippen molar-refractivity contribution in [1.82, 2.24) is 4.72 Å². The molecule has 6 heteroatoms. The Morgan fingerprint density at radius 2 is 1.70 bits per heavy atom. The Morgan fingerprint density at radius 3 is 2.30 bits per heavy atom. The summed E-state index contributed by atoms with van der Waals surface area (Å²) in [5, 5.41) is 2.61. The van der Waals surface area contributed by atoms with Crippen LogP contribution in [0.4, 0.5) is 5.69 Å². The predicted octanol–water partition coefficient (Wildman–Crippen LogP) is 2.48. The number of hydrogen-bond donors (Lipinski definition) is 2. The Labute approximate surface area is 135 Å². The lowest BCUT2D eigenvalue weighted by molar-refractivity contribution is -0.114. The number of carbonyl (C=O) groups excluding carboxylic acids is 1. The van der Waals surface area contributed by atoms with E-state index in [0.717, 1.165) is 12.0 Å². The van der Waals surface area contributed by atoms with Gasteiger partial charge in [0.05, 0.1) is 4.90 Å². The maximum Gasteiger partial charge on any atom is 0.240 e. The lowest BCUT2D eigenvalue weighted by Crippen LogP contribution is -2.26. The van der Waals surface area contributed by atoms with E-state index < -0.39 is 10.0 Å². The molecule has 0 aromatic heterocycles. The topological polar surface area (TPSA) is 75.3 Å². The molecular formula is C17H18N2O3S. The summed E-state index contributed by atoms with van der Waals surface area (Å²) in [4.78, 5) is 11.2. The fourth-order valence-electron chi connectivity index (χ4n) is 2.58. The molecule has 0 heterocycles. The molecule has 0 spiro atoms. The van der Waals surface area contributed by atoms with Crippen LogP contribution in [-0.4, -0.2) is 20.4 Å². The van der Waals surface area contributed by atoms with Gasteiger partial charge in [-0.15, -0.1) is 0 Å². The SMILES string of the molecule is CC(=O)Nc1ccc(S(=O)(=O)NC2CC2c2ccccc2)cc1. The molecule has 1 fully saturated rings. The first-order valence-electron chi connectivity index (χ1n) is 7.40. The number of hydrogen-bond acceptors (Lipinski definition) is 3. The van der Waals surface area contributed by atoms with Crippen LogP contribution in [0.15, 0.2) is 59.5 Å². The quantitative estimate of drug-likeness (QED) is 0.884. The molecular weight excluding hydrogens is 312 g/mol. The van der Waals surface area contributed by atoms with Gasteiger partial charge in [0.25, 0.3) is 0 Å². The molecule has 1 saturated carbocycles. The van der Waals surface area contributed by atoms with Crippen molar-refractivity contribution in [2.24, 2.45) is 0 Å². The summed E-state index contributed by atoms with van der Waals surface area (Å²) < 4.78 is 27.5. The highest BCUT2D eigenvalue weighted by Crippen LogP contribution is 2.41. The smallest absolute Gasteiger partial charge is 0.240 e. The van der Waals surface area contributed by atoms with Crippen molar-refractivity contribution < 1.29 is 13.2 Å². The zero-order valence-corrected chi connectivity index (χ0v) is 13.5. The molecule has 23 heavy (non-hydrogen) atoms. The molecule has 2 aromatic carbocycles. The van der Waals surface area contributed by atoms with E-state index in [4.69, 9.17) is 0 Å². The first kappa shape index (κ1) is 15.7. The van der Waals surface area contributed by atoms with E-state index in [1.807, 2.05) is 30.3 Å². The molecule has 2 atom stereocenters. The van der Waals surface area contributed by atoms with Gasteiger partial charge in [0.15, 0.2) is 0 Å². The third-order valence-electron chi connectivity index (χ3n) is 3.81. The van der Waals surface area contributed by atoms with Gasteiger partial charge in [-0.05, 0) is 36.2 Å². The van der Waals surface area contributed by atoms with Gasteiger partial charge in [0.1, 0.15) is 0 Å². The average molecular weight is 330 g/mol. The Hall–Kier alpha value is -2.18. The third kappa shape index (κ3) is 3.78. The van der Waals surface area contributed by atoms with Gasteiger partial charge in [-0.2, -0.15) is 0 Å². The highest BCUT2D eigenvalue weighted by molar-refractivity contribution is 7.89. The van der Waals surface area contributed by atoms with E-state index >= 15 is 0 Å². The van der Waals surface area contributed by atoms with Crippen molar-refractivity contribution in [2.75, 3.05) is 5.32 Å². The predicted molar refractivity (Wildman–Crippen MR) is 88.7 cm³/mol. The molecule has 0 radical (unpaired) electrons. The number of amides is 1. The summed E-state index contributed by atoms with van der Waals surface area (Å²) in [6, 6.07) is 16.0. The Bertz CT molecular complexity index is 801. The molecule has 1 aliphatic rings. The monoisotopic (exact) mass is 330 g/mol. The first-order valence-corrected chi connectivity index (χ1v) is 8.89. The van der Waals surface area contributed by atoms with Gasteiger partial charge in [-0.25, -0.2) is 13.1 Å². The second kappa shape index (κ2) is 6.14. The molecule has 2 aromatic rings. The fourth-order valence-corrected chi connectivity index (χ4v) is 3.87. The fraction of sp³-hybridized carbons (Fsp3) is 0.235. The number of sulfonamides is 1. The molecule has 1 amide bonds. The molecule has 2 N–H and O–H groups in total. The lowest BCUT2D eigenvalue weighted by Gasteiger charge is -2.08. The highest BCUT2D eigenvalue weighted by Gasteiger charge is 2.41. The second-order valence-electron chi connectivity index (χ2n) is 5.69. The van der Waals surface area contributed by atoms with Gasteiger partial charge in [-0.3, -0.25) is 4.79 Å². The van der Waals surface area contributed by atoms with Crippen LogP contribution in [0, 0.1) is 0 Å². The van der Waals surface area contributed by atoms with Crippen LogP contribution in [0.3, 0.4) is 0 Å². The van der Waals surface area contributed by atoms with Gasteiger partial charge in [0.2, 0.25) is 15.9 Å². The number of rotatable bonds is 5. The van der Waals surface area contributed by atoms with Crippen LogP contribution in [0.2, 0.25) is 0 Å². The van der Waals surface area contributed by atoms with Crippen LogP contribution < -0.4 is 10.0 Å². The zero-order valence-electron chi connectivity index (χ0n) is 12.7. The van der Waals surface area contributed by atoms with Crippen LogP contribution in [0.1, 0.15) is 24.8 Å². The van der Waals surface area contributed by atoms with Crippen molar-refractivity contribution in [1.29, 1.82) is 0 Å². The summed E-state index contributed by atoms with van der Waals surface area (Å²) in [5.74, 6) is 0.0482. The molecule has 5 nitrogen and oxygen atoms in total. The summed E-state index contributed by atoms with van der Waals surface area (Å²) in [6.07, 6.45) is 0.813. The third-order valence-corrected chi connectivity index (χ3v) is 5.32. The lowest BCUT2D eigenvalue weighted by atomic mass is 10.1. The maximum absolute atomic E-state index is 12.4. The Balaban J connectivity index is 1.67. The van der Waals surface area contributed by atoms with Gasteiger partial charge < -0.3 is 5.32 Å². The van der Waals surface area contributed by atoms with Crippen molar-refractivity contribution in [3.8, 4) is 0 Å². The standard InChI is InChI=1S/C17H18N2O3S/c1-12(20)18-14-7-9-15(10-8-14)23(21,22)19-17-11-16(17)13-5-3-2-4-6-13/h2-10,16-17,19H,11H2,1H3,(H,18,20). The molecule has 3 rings (SSSR count). The largest absolute Gasteiger partial charge is 0.326 e. The minimum absolute atomic E-state index is 0.0579. The van der Waals surface area contributed by atoms with Gasteiger partial charge in [0, 0.05) is 24.6 Å². The number of carbonyl (C=O) groups is 1. The summed E-state index contributed by atoms with van der Waals surface area (Å²) in [6.45, 7) is 1.41. The zero-order chi connectivity index (χ0) is 16.4. The van der Waals surface area contributed by atoms with Crippen LogP contribution in [-0.2, 0) is 14.8 Å². The summed E-state index contributed by atoms with van der Waals surface area (Å²) in [5.41, 5.74) is 1.73. The number of anilines is 1. The maximum atomic E-state index is 12.4. The summed E-state index contributed by atoms with van der Waals surface area (Å²) >= 11 is 0. The minimum atomic E-state index is -3.55. The van der Waals surface area contributed by atoms with E-state index in [-0.39, 0.29) is 22.8 Å². The highest BCUT2D eigenvalue weighted by atomic mass is 32.2. The molecule has 1 aliphatic carbocycles. The molecule has 0 bridgehead atoms. The molecule has 120 valence electrons. The van der Waals surface area contributed by atoms with Crippen LogP contribution >= 0.6 is 0 Å². The van der Waals surface area contributed by atoms with Crippen molar-refractivity contribution in [3.05, 3.63) is 60.2 Å². The van der Waals surface area contributed by atoms with E-state index in [1.165, 1.54) is 19.1 Å². The van der Waals surface area contributed by atoms with E-state index in [9.17, 15) is 13.2 Å². The van der Waals surface area contributed by atoms with Gasteiger partial charge >= 0.3 is 0 Å². The second-order valence-corrected chi connectivity index (χ2v) is 7.40. The van der Waals surface area contributed by atoms with E-state index in [1.54, 1.807) is 12.1 Å². The van der Waals surface area contributed by atoms with Crippen molar-refractivity contribution in [2.45, 2.75) is 30.2 Å².